The molecule has 0 spiro atoms. The van der Waals surface area contributed by atoms with Crippen molar-refractivity contribution in [3.05, 3.63) is 23.2 Å². The van der Waals surface area contributed by atoms with Crippen LogP contribution in [0.5, 0.6) is 0 Å². The maximum absolute atomic E-state index is 12.2. The van der Waals surface area contributed by atoms with Gasteiger partial charge in [0.15, 0.2) is 0 Å². The molecule has 1 amide bonds. The van der Waals surface area contributed by atoms with Gasteiger partial charge in [-0.05, 0) is 39.7 Å². The third-order valence-electron chi connectivity index (χ3n) is 4.23. The van der Waals surface area contributed by atoms with E-state index >= 15 is 0 Å². The van der Waals surface area contributed by atoms with Gasteiger partial charge in [-0.15, -0.1) is 0 Å². The average Bonchev–Trinajstić information content (AvgIpc) is 2.74. The Kier molecular flexibility index (Phi) is 5.58. The van der Waals surface area contributed by atoms with Crippen LogP contribution in [-0.4, -0.2) is 17.0 Å². The predicted octanol–water partition coefficient (Wildman–Crippen LogP) is 3.35. The summed E-state index contributed by atoms with van der Waals surface area (Å²) in [7, 11) is 0. The first-order valence-electron chi connectivity index (χ1n) is 7.35. The molecular weight excluding hydrogens is 270 g/mol. The zero-order valence-corrected chi connectivity index (χ0v) is 13.4. The monoisotopic (exact) mass is 295 g/mol. The Bertz CT molecular complexity index is 514. The van der Waals surface area contributed by atoms with Crippen molar-refractivity contribution in [1.29, 1.82) is 0 Å². The minimum atomic E-state index is -0.981. The molecule has 118 valence electrons. The number of nitrogens with one attached hydrogen (secondary N) is 1. The highest BCUT2D eigenvalue weighted by molar-refractivity contribution is 5.85. The molecule has 1 aromatic rings. The maximum Gasteiger partial charge on any atom is 0.310 e. The average molecular weight is 295 g/mol. The molecule has 5 heteroatoms. The second kappa shape index (κ2) is 6.78. The van der Waals surface area contributed by atoms with E-state index in [1.807, 2.05) is 26.8 Å². The smallest absolute Gasteiger partial charge is 0.310 e. The van der Waals surface area contributed by atoms with Crippen LogP contribution in [0.25, 0.3) is 0 Å². The second-order valence-corrected chi connectivity index (χ2v) is 5.63. The van der Waals surface area contributed by atoms with Gasteiger partial charge in [0.25, 0.3) is 0 Å². The fraction of sp³-hybridized carbons (Fsp3) is 0.625. The first-order valence-corrected chi connectivity index (χ1v) is 7.35. The summed E-state index contributed by atoms with van der Waals surface area (Å²) in [6.45, 7) is 9.19. The van der Waals surface area contributed by atoms with Crippen LogP contribution in [0.15, 0.2) is 10.5 Å². The quantitative estimate of drug-likeness (QED) is 0.808. The van der Waals surface area contributed by atoms with Crippen LogP contribution >= 0.6 is 0 Å². The Morgan fingerprint density at radius 3 is 2.29 bits per heavy atom. The number of rotatable bonds is 7. The zero-order valence-electron chi connectivity index (χ0n) is 13.4. The van der Waals surface area contributed by atoms with Crippen molar-refractivity contribution in [2.45, 2.75) is 59.9 Å². The number of hydrogen-bond donors (Lipinski definition) is 2. The minimum Gasteiger partial charge on any atom is -0.481 e. The van der Waals surface area contributed by atoms with E-state index in [9.17, 15) is 14.7 Å². The number of amides is 1. The number of carbonyl (C=O) groups excluding carboxylic acids is 1. The zero-order chi connectivity index (χ0) is 16.2. The van der Waals surface area contributed by atoms with Gasteiger partial charge in [-0.2, -0.15) is 0 Å². The van der Waals surface area contributed by atoms with Gasteiger partial charge in [-0.25, -0.2) is 0 Å². The topological polar surface area (TPSA) is 79.5 Å². The van der Waals surface area contributed by atoms with Gasteiger partial charge >= 0.3 is 5.97 Å². The largest absolute Gasteiger partial charge is 0.481 e. The molecule has 0 aliphatic heterocycles. The molecular formula is C16H25NO4. The SMILES string of the molecule is CCC(CC)(CC(=O)NC(C)c1cc(C)oc1C)C(=O)O. The molecule has 1 atom stereocenters. The molecule has 0 radical (unpaired) electrons. The van der Waals surface area contributed by atoms with Crippen LogP contribution in [0.4, 0.5) is 0 Å². The minimum absolute atomic E-state index is 0.00441. The van der Waals surface area contributed by atoms with Crippen LogP contribution in [0.2, 0.25) is 0 Å². The van der Waals surface area contributed by atoms with Gasteiger partial charge in [0, 0.05) is 12.0 Å². The lowest BCUT2D eigenvalue weighted by molar-refractivity contribution is -0.152. The maximum atomic E-state index is 12.2. The summed E-state index contributed by atoms with van der Waals surface area (Å²) in [5, 5.41) is 12.2. The number of aryl methyl sites for hydroxylation is 2. The molecule has 0 aliphatic rings. The first kappa shape index (κ1) is 17.3. The number of aliphatic carboxylic acids is 1. The number of carboxylic acids is 1. The molecule has 1 aromatic heterocycles. The number of carboxylic acid groups (broad SMARTS) is 1. The summed E-state index contributed by atoms with van der Waals surface area (Å²) in [6, 6.07) is 1.69. The Morgan fingerprint density at radius 2 is 1.90 bits per heavy atom. The van der Waals surface area contributed by atoms with Gasteiger partial charge in [-0.1, -0.05) is 13.8 Å². The lowest BCUT2D eigenvalue weighted by atomic mass is 9.79. The molecule has 0 fully saturated rings. The third kappa shape index (κ3) is 3.86. The summed E-state index contributed by atoms with van der Waals surface area (Å²) in [5.74, 6) is 0.416. The lowest BCUT2D eigenvalue weighted by Gasteiger charge is -2.26. The Balaban J connectivity index is 2.77. The third-order valence-corrected chi connectivity index (χ3v) is 4.23. The van der Waals surface area contributed by atoms with Crippen molar-refractivity contribution < 1.29 is 19.1 Å². The van der Waals surface area contributed by atoms with Crippen LogP contribution in [0, 0.1) is 19.3 Å². The van der Waals surface area contributed by atoms with E-state index in [1.165, 1.54) is 0 Å². The molecule has 0 saturated carbocycles. The Morgan fingerprint density at radius 1 is 1.33 bits per heavy atom. The first-order chi connectivity index (χ1) is 9.75. The van der Waals surface area contributed by atoms with E-state index in [0.717, 1.165) is 17.1 Å². The molecule has 21 heavy (non-hydrogen) atoms. The number of furan rings is 1. The van der Waals surface area contributed by atoms with Crippen molar-refractivity contribution in [3.63, 3.8) is 0 Å². The van der Waals surface area contributed by atoms with Crippen molar-refractivity contribution in [3.8, 4) is 0 Å². The van der Waals surface area contributed by atoms with Gasteiger partial charge in [0.2, 0.25) is 5.91 Å². The van der Waals surface area contributed by atoms with E-state index in [0.29, 0.717) is 12.8 Å². The summed E-state index contributed by atoms with van der Waals surface area (Å²) < 4.78 is 5.45. The molecule has 1 rings (SSSR count). The van der Waals surface area contributed by atoms with Crippen LogP contribution in [0.1, 0.15) is 63.2 Å². The molecule has 2 N–H and O–H groups in total. The van der Waals surface area contributed by atoms with Crippen LogP contribution in [0.3, 0.4) is 0 Å². The normalized spacial score (nSPS) is 13.0. The summed E-state index contributed by atoms with van der Waals surface area (Å²) >= 11 is 0. The van der Waals surface area contributed by atoms with Crippen molar-refractivity contribution in [2.24, 2.45) is 5.41 Å². The van der Waals surface area contributed by atoms with E-state index in [-0.39, 0.29) is 18.4 Å². The van der Waals surface area contributed by atoms with Crippen LogP contribution in [-0.2, 0) is 9.59 Å². The summed E-state index contributed by atoms with van der Waals surface area (Å²) in [6.07, 6.45) is 0.866. The lowest BCUT2D eigenvalue weighted by Crippen LogP contribution is -2.37. The fourth-order valence-corrected chi connectivity index (χ4v) is 2.64. The van der Waals surface area contributed by atoms with Crippen LogP contribution < -0.4 is 5.32 Å². The Labute approximate surface area is 125 Å². The fourth-order valence-electron chi connectivity index (χ4n) is 2.64. The highest BCUT2D eigenvalue weighted by Gasteiger charge is 2.37. The molecule has 1 heterocycles. The van der Waals surface area contributed by atoms with Crippen molar-refractivity contribution in [2.75, 3.05) is 0 Å². The molecule has 5 nitrogen and oxygen atoms in total. The van der Waals surface area contributed by atoms with E-state index in [4.69, 9.17) is 4.42 Å². The Hall–Kier alpha value is -1.78. The van der Waals surface area contributed by atoms with E-state index < -0.39 is 11.4 Å². The van der Waals surface area contributed by atoms with E-state index in [2.05, 4.69) is 5.32 Å². The molecule has 1 unspecified atom stereocenters. The highest BCUT2D eigenvalue weighted by Crippen LogP contribution is 2.31. The predicted molar refractivity (Wildman–Crippen MR) is 80.0 cm³/mol. The standard InChI is InChI=1S/C16H25NO4/c1-6-16(7-2,15(19)20)9-14(18)17-11(4)13-8-10(3)21-12(13)5/h8,11H,6-7,9H2,1-5H3,(H,17,18)(H,19,20). The molecule has 0 saturated heterocycles. The van der Waals surface area contributed by atoms with Gasteiger partial charge in [-0.3, -0.25) is 9.59 Å². The van der Waals surface area contributed by atoms with Gasteiger partial charge in [0.05, 0.1) is 11.5 Å². The molecule has 0 aromatic carbocycles. The molecule has 0 bridgehead atoms. The number of hydrogen-bond acceptors (Lipinski definition) is 3. The van der Waals surface area contributed by atoms with Crippen molar-refractivity contribution >= 4 is 11.9 Å². The van der Waals surface area contributed by atoms with Gasteiger partial charge < -0.3 is 14.8 Å². The highest BCUT2D eigenvalue weighted by atomic mass is 16.4. The molecule has 0 aliphatic carbocycles. The second-order valence-electron chi connectivity index (χ2n) is 5.63. The summed E-state index contributed by atoms with van der Waals surface area (Å²) in [5.41, 5.74) is -0.0553. The summed E-state index contributed by atoms with van der Waals surface area (Å²) in [4.78, 5) is 23.6. The number of carbonyl (C=O) groups is 2. The van der Waals surface area contributed by atoms with Crippen molar-refractivity contribution in [1.82, 2.24) is 5.32 Å². The van der Waals surface area contributed by atoms with Gasteiger partial charge in [0.1, 0.15) is 11.5 Å². The van der Waals surface area contributed by atoms with E-state index in [1.54, 1.807) is 13.8 Å².